The Balaban J connectivity index is 1.67. The zero-order valence-electron chi connectivity index (χ0n) is 14.8. The molecule has 0 radical (unpaired) electrons. The molecule has 0 bridgehead atoms. The van der Waals surface area contributed by atoms with Crippen LogP contribution in [-0.2, 0) is 17.9 Å². The zero-order chi connectivity index (χ0) is 18.6. The van der Waals surface area contributed by atoms with Gasteiger partial charge in [0.2, 0.25) is 6.41 Å². The molecule has 0 aromatic heterocycles. The van der Waals surface area contributed by atoms with E-state index in [0.29, 0.717) is 11.5 Å². The van der Waals surface area contributed by atoms with Gasteiger partial charge in [0, 0.05) is 17.9 Å². The lowest BCUT2D eigenvalue weighted by Gasteiger charge is -2.27. The quantitative estimate of drug-likeness (QED) is 0.403. The lowest BCUT2D eigenvalue weighted by atomic mass is 10.1. The first-order valence-corrected chi connectivity index (χ1v) is 8.87. The summed E-state index contributed by atoms with van der Waals surface area (Å²) in [5, 5.41) is 9.98. The van der Waals surface area contributed by atoms with Crippen molar-refractivity contribution in [2.75, 3.05) is 4.90 Å². The zero-order valence-corrected chi connectivity index (χ0v) is 14.8. The average Bonchev–Trinajstić information content (AvgIpc) is 2.87. The number of para-hydroxylation sites is 2. The Morgan fingerprint density at radius 2 is 1.30 bits per heavy atom. The fraction of sp³-hybridized carbons (Fsp3) is 0.0870. The number of amides is 1. The van der Waals surface area contributed by atoms with Crippen LogP contribution in [0.3, 0.4) is 0 Å². The number of hydroxylamine groups is 2. The van der Waals surface area contributed by atoms with Crippen molar-refractivity contribution >= 4 is 29.9 Å². The van der Waals surface area contributed by atoms with Gasteiger partial charge in [-0.2, -0.15) is 0 Å². The smallest absolute Gasteiger partial charge is 0.233 e. The Kier molecular flexibility index (Phi) is 4.73. The monoisotopic (exact) mass is 356 g/mol. The summed E-state index contributed by atoms with van der Waals surface area (Å²) in [6.45, 7) is 0.912. The summed E-state index contributed by atoms with van der Waals surface area (Å²) in [4.78, 5) is 12.9. The third kappa shape index (κ3) is 3.61. The summed E-state index contributed by atoms with van der Waals surface area (Å²) >= 11 is 0. The molecule has 1 heterocycles. The topological polar surface area (TPSA) is 43.8 Å². The molecule has 1 amide bonds. The van der Waals surface area contributed by atoms with Crippen LogP contribution < -0.4 is 4.90 Å². The van der Waals surface area contributed by atoms with Gasteiger partial charge in [0.1, 0.15) is 0 Å². The molecule has 0 saturated carbocycles. The van der Waals surface area contributed by atoms with Crippen LogP contribution in [0.15, 0.2) is 72.8 Å². The minimum Gasteiger partial charge on any atom is -0.336 e. The van der Waals surface area contributed by atoms with E-state index in [4.69, 9.17) is 0 Å². The van der Waals surface area contributed by atoms with Gasteiger partial charge in [-0.1, -0.05) is 72.8 Å². The van der Waals surface area contributed by atoms with Gasteiger partial charge < -0.3 is 4.90 Å². The molecule has 3 aromatic rings. The third-order valence-corrected chi connectivity index (χ3v) is 4.73. The van der Waals surface area contributed by atoms with Crippen LogP contribution in [0.5, 0.6) is 0 Å². The van der Waals surface area contributed by atoms with Crippen molar-refractivity contribution in [1.29, 1.82) is 0 Å². The fourth-order valence-corrected chi connectivity index (χ4v) is 3.39. The van der Waals surface area contributed by atoms with Gasteiger partial charge in [-0.15, -0.1) is 0 Å². The molecular formula is C23H20N2O2. The van der Waals surface area contributed by atoms with E-state index in [0.717, 1.165) is 17.7 Å². The fourth-order valence-electron chi connectivity index (χ4n) is 3.39. The van der Waals surface area contributed by atoms with Crippen molar-refractivity contribution in [3.05, 3.63) is 95.1 Å². The molecule has 1 aliphatic rings. The third-order valence-electron chi connectivity index (χ3n) is 4.73. The Bertz CT molecular complexity index is 930. The molecule has 0 spiro atoms. The van der Waals surface area contributed by atoms with Crippen LogP contribution in [0.4, 0.5) is 11.4 Å². The lowest BCUT2D eigenvalue weighted by molar-refractivity contribution is -0.152. The predicted molar refractivity (Wildman–Crippen MR) is 107 cm³/mol. The van der Waals surface area contributed by atoms with Gasteiger partial charge in [-0.05, 0) is 34.4 Å². The van der Waals surface area contributed by atoms with E-state index in [1.165, 1.54) is 22.5 Å². The summed E-state index contributed by atoms with van der Waals surface area (Å²) in [7, 11) is 0. The number of benzene rings is 3. The molecule has 0 atom stereocenters. The van der Waals surface area contributed by atoms with Gasteiger partial charge in [0.25, 0.3) is 0 Å². The highest BCUT2D eigenvalue weighted by Crippen LogP contribution is 2.37. The maximum absolute atomic E-state index is 10.6. The van der Waals surface area contributed by atoms with E-state index in [9.17, 15) is 10.0 Å². The number of rotatable bonds is 5. The summed E-state index contributed by atoms with van der Waals surface area (Å²) in [5.74, 6) is 0. The molecule has 0 aliphatic carbocycles. The molecule has 1 aliphatic heterocycles. The number of hydrogen-bond donors (Lipinski definition) is 1. The van der Waals surface area contributed by atoms with Crippen LogP contribution in [0.1, 0.15) is 22.3 Å². The van der Waals surface area contributed by atoms with Gasteiger partial charge in [0.05, 0.1) is 6.54 Å². The molecule has 0 fully saturated rings. The molecular weight excluding hydrogens is 336 g/mol. The van der Waals surface area contributed by atoms with Crippen LogP contribution >= 0.6 is 0 Å². The van der Waals surface area contributed by atoms with Crippen LogP contribution in [0.25, 0.3) is 12.2 Å². The van der Waals surface area contributed by atoms with E-state index in [1.54, 1.807) is 0 Å². The standard InChI is InChI=1S/C23H20N2O2/c26-17-24(27)15-18-9-11-19(12-10-18)16-25-22-7-3-1-5-20(22)13-14-21-6-2-4-8-23(21)25/h1-14,17,27H,15-16H2. The highest BCUT2D eigenvalue weighted by atomic mass is 16.5. The van der Waals surface area contributed by atoms with Gasteiger partial charge in [-0.25, -0.2) is 5.06 Å². The second kappa shape index (κ2) is 7.48. The molecule has 3 aromatic carbocycles. The molecule has 4 nitrogen and oxygen atoms in total. The SMILES string of the molecule is O=CN(O)Cc1ccc(CN2c3ccccc3C=Cc3ccccc32)cc1. The average molecular weight is 356 g/mol. The highest BCUT2D eigenvalue weighted by molar-refractivity contribution is 5.88. The van der Waals surface area contributed by atoms with Crippen molar-refractivity contribution in [2.45, 2.75) is 13.1 Å². The van der Waals surface area contributed by atoms with E-state index in [-0.39, 0.29) is 6.54 Å². The van der Waals surface area contributed by atoms with E-state index in [1.807, 2.05) is 24.3 Å². The first-order chi connectivity index (χ1) is 13.2. The van der Waals surface area contributed by atoms with E-state index < -0.39 is 0 Å². The van der Waals surface area contributed by atoms with Gasteiger partial charge in [-0.3, -0.25) is 10.0 Å². The molecule has 4 heteroatoms. The maximum atomic E-state index is 10.6. The van der Waals surface area contributed by atoms with Crippen molar-refractivity contribution in [3.63, 3.8) is 0 Å². The summed E-state index contributed by atoms with van der Waals surface area (Å²) < 4.78 is 0. The summed E-state index contributed by atoms with van der Waals surface area (Å²) in [6.07, 6.45) is 4.73. The second-order valence-electron chi connectivity index (χ2n) is 6.56. The molecule has 0 unspecified atom stereocenters. The predicted octanol–water partition coefficient (Wildman–Crippen LogP) is 4.86. The Labute approximate surface area is 158 Å². The highest BCUT2D eigenvalue weighted by Gasteiger charge is 2.17. The van der Waals surface area contributed by atoms with E-state index in [2.05, 4.69) is 65.6 Å². The normalized spacial score (nSPS) is 12.1. The first-order valence-electron chi connectivity index (χ1n) is 8.87. The number of nitrogens with zero attached hydrogens (tertiary/aromatic N) is 2. The van der Waals surface area contributed by atoms with Gasteiger partial charge in [0.15, 0.2) is 0 Å². The summed E-state index contributed by atoms with van der Waals surface area (Å²) in [5.41, 5.74) is 6.75. The Morgan fingerprint density at radius 1 is 0.778 bits per heavy atom. The number of hydrogen-bond acceptors (Lipinski definition) is 3. The van der Waals surface area contributed by atoms with E-state index >= 15 is 0 Å². The number of anilines is 2. The van der Waals surface area contributed by atoms with Crippen LogP contribution in [0.2, 0.25) is 0 Å². The first kappa shape index (κ1) is 17.1. The number of carbonyl (C=O) groups is 1. The van der Waals surface area contributed by atoms with Gasteiger partial charge >= 0.3 is 0 Å². The molecule has 0 saturated heterocycles. The van der Waals surface area contributed by atoms with Crippen LogP contribution in [-0.4, -0.2) is 16.7 Å². The maximum Gasteiger partial charge on any atom is 0.233 e. The number of fused-ring (bicyclic) bond motifs is 2. The summed E-state index contributed by atoms with van der Waals surface area (Å²) in [6, 6.07) is 24.7. The Hall–Kier alpha value is -3.37. The molecule has 134 valence electrons. The molecule has 27 heavy (non-hydrogen) atoms. The lowest BCUT2D eigenvalue weighted by Crippen LogP contribution is -2.18. The minimum atomic E-state index is 0.184. The minimum absolute atomic E-state index is 0.184. The molecule has 4 rings (SSSR count). The largest absolute Gasteiger partial charge is 0.336 e. The molecule has 1 N–H and O–H groups in total. The van der Waals surface area contributed by atoms with Crippen molar-refractivity contribution < 1.29 is 10.0 Å². The van der Waals surface area contributed by atoms with Crippen molar-refractivity contribution in [1.82, 2.24) is 5.06 Å². The Morgan fingerprint density at radius 3 is 1.85 bits per heavy atom. The second-order valence-corrected chi connectivity index (χ2v) is 6.56. The number of carbonyl (C=O) groups excluding carboxylic acids is 1. The van der Waals surface area contributed by atoms with Crippen molar-refractivity contribution in [2.24, 2.45) is 0 Å². The van der Waals surface area contributed by atoms with Crippen LogP contribution in [0, 0.1) is 0 Å². The van der Waals surface area contributed by atoms with Crippen molar-refractivity contribution in [3.8, 4) is 0 Å².